The summed E-state index contributed by atoms with van der Waals surface area (Å²) in [7, 11) is -2.17. The highest BCUT2D eigenvalue weighted by Gasteiger charge is 2.43. The summed E-state index contributed by atoms with van der Waals surface area (Å²) < 4.78 is 43.9. The van der Waals surface area contributed by atoms with Crippen LogP contribution in [0.4, 0.5) is 4.39 Å². The highest BCUT2D eigenvalue weighted by molar-refractivity contribution is 7.89. The van der Waals surface area contributed by atoms with Crippen LogP contribution in [0.3, 0.4) is 0 Å². The Labute approximate surface area is 180 Å². The van der Waals surface area contributed by atoms with Gasteiger partial charge in [-0.1, -0.05) is 18.2 Å². The van der Waals surface area contributed by atoms with Crippen LogP contribution in [0.15, 0.2) is 47.4 Å². The number of halogens is 1. The van der Waals surface area contributed by atoms with Crippen molar-refractivity contribution in [1.82, 2.24) is 24.5 Å². The number of rotatable bonds is 6. The molecule has 8 nitrogen and oxygen atoms in total. The number of aryl methyl sites for hydroxylation is 3. The van der Waals surface area contributed by atoms with Crippen molar-refractivity contribution in [3.05, 3.63) is 65.2 Å². The molecule has 1 aliphatic heterocycles. The van der Waals surface area contributed by atoms with Gasteiger partial charge >= 0.3 is 0 Å². The van der Waals surface area contributed by atoms with Gasteiger partial charge in [-0.05, 0) is 65.9 Å². The zero-order valence-corrected chi connectivity index (χ0v) is 18.1. The van der Waals surface area contributed by atoms with E-state index in [1.807, 2.05) is 0 Å². The Kier molecular flexibility index (Phi) is 5.76. The Morgan fingerprint density at radius 2 is 1.90 bits per heavy atom. The molecule has 1 aromatic heterocycles. The molecule has 1 fully saturated rings. The van der Waals surface area contributed by atoms with E-state index < -0.39 is 16.1 Å². The fourth-order valence-corrected chi connectivity index (χ4v) is 6.03. The summed E-state index contributed by atoms with van der Waals surface area (Å²) in [6.07, 6.45) is 2.34. The van der Waals surface area contributed by atoms with Gasteiger partial charge in [-0.2, -0.15) is 4.31 Å². The summed E-state index contributed by atoms with van der Waals surface area (Å²) >= 11 is 0. The monoisotopic (exact) mass is 445 g/mol. The van der Waals surface area contributed by atoms with E-state index in [0.29, 0.717) is 37.1 Å². The van der Waals surface area contributed by atoms with Crippen molar-refractivity contribution in [3.8, 4) is 5.75 Å². The number of aromatic nitrogens is 4. The van der Waals surface area contributed by atoms with Crippen LogP contribution in [-0.2, 0) is 23.5 Å². The van der Waals surface area contributed by atoms with Gasteiger partial charge in [-0.25, -0.2) is 17.5 Å². The molecule has 0 amide bonds. The smallest absolute Gasteiger partial charge is 0.244 e. The summed E-state index contributed by atoms with van der Waals surface area (Å²) in [5.74, 6) is 0.238. The maximum Gasteiger partial charge on any atom is 0.244 e. The molecule has 0 bridgehead atoms. The highest BCUT2D eigenvalue weighted by atomic mass is 32.2. The Morgan fingerprint density at radius 1 is 1.16 bits per heavy atom. The molecule has 2 aromatic carbocycles. The first-order chi connectivity index (χ1) is 14.8. The van der Waals surface area contributed by atoms with Crippen molar-refractivity contribution in [2.24, 2.45) is 7.05 Å². The molecule has 164 valence electrons. The fourth-order valence-electron chi connectivity index (χ4n) is 4.12. The van der Waals surface area contributed by atoms with Crippen LogP contribution in [0.25, 0.3) is 0 Å². The molecule has 31 heavy (non-hydrogen) atoms. The Hall–Kier alpha value is -2.85. The van der Waals surface area contributed by atoms with Crippen LogP contribution in [0.2, 0.25) is 0 Å². The van der Waals surface area contributed by atoms with Crippen LogP contribution in [0, 0.1) is 12.7 Å². The quantitative estimate of drug-likeness (QED) is 0.626. The maximum atomic E-state index is 13.7. The third-order valence-corrected chi connectivity index (χ3v) is 7.82. The molecular formula is C21H24FN5O3S. The van der Waals surface area contributed by atoms with E-state index in [9.17, 15) is 17.9 Å². The van der Waals surface area contributed by atoms with Crippen molar-refractivity contribution in [2.75, 3.05) is 0 Å². The standard InChI is InChI=1S/C21H24FN5O3S/c1-14-3-10-18(13-20(14)28)31(29,30)27-17(9-12-21-23-24-25-26(21)2)8-11-19(27)15-4-6-16(22)7-5-15/h3-7,10,13,17,19,28H,8-9,11-12H2,1-2H3/t17-,19+/m1/s1. The summed E-state index contributed by atoms with van der Waals surface area (Å²) in [4.78, 5) is 0.0370. The summed E-state index contributed by atoms with van der Waals surface area (Å²) in [5.41, 5.74) is 1.34. The van der Waals surface area contributed by atoms with Crippen molar-refractivity contribution in [3.63, 3.8) is 0 Å². The SMILES string of the molecule is Cc1ccc(S(=O)(=O)N2[C@@H](CCc3nnnn3C)CC[C@H]2c2ccc(F)cc2)cc1O. The highest BCUT2D eigenvalue weighted by Crippen LogP contribution is 2.42. The van der Waals surface area contributed by atoms with Crippen molar-refractivity contribution in [1.29, 1.82) is 0 Å². The number of hydrogen-bond donors (Lipinski definition) is 1. The van der Waals surface area contributed by atoms with Gasteiger partial charge in [0, 0.05) is 25.6 Å². The topological polar surface area (TPSA) is 101 Å². The maximum absolute atomic E-state index is 13.7. The lowest BCUT2D eigenvalue weighted by atomic mass is 10.0. The zero-order chi connectivity index (χ0) is 22.2. The summed E-state index contributed by atoms with van der Waals surface area (Å²) in [6, 6.07) is 9.63. The molecule has 0 saturated carbocycles. The fraction of sp³-hybridized carbons (Fsp3) is 0.381. The molecule has 0 aliphatic carbocycles. The first-order valence-electron chi connectivity index (χ1n) is 10.1. The lowest BCUT2D eigenvalue weighted by molar-refractivity contribution is 0.311. The average Bonchev–Trinajstić information content (AvgIpc) is 3.35. The number of tetrazole rings is 1. The number of phenolic OH excluding ortho intramolecular Hbond substituents is 1. The first kappa shape index (κ1) is 21.4. The number of aromatic hydroxyl groups is 1. The Morgan fingerprint density at radius 3 is 2.55 bits per heavy atom. The largest absolute Gasteiger partial charge is 0.508 e. The molecule has 2 heterocycles. The molecule has 3 aromatic rings. The number of nitrogens with zero attached hydrogens (tertiary/aromatic N) is 5. The summed E-state index contributed by atoms with van der Waals surface area (Å²) in [5, 5.41) is 21.5. The Balaban J connectivity index is 1.70. The normalized spacial score (nSPS) is 19.7. The van der Waals surface area contributed by atoms with Crippen LogP contribution in [-0.4, -0.2) is 44.1 Å². The molecule has 0 unspecified atom stereocenters. The van der Waals surface area contributed by atoms with Gasteiger partial charge in [-0.15, -0.1) is 5.10 Å². The minimum absolute atomic E-state index is 0.0370. The zero-order valence-electron chi connectivity index (χ0n) is 17.3. The van der Waals surface area contributed by atoms with Gasteiger partial charge in [0.05, 0.1) is 10.9 Å². The molecule has 10 heteroatoms. The minimum Gasteiger partial charge on any atom is -0.508 e. The van der Waals surface area contributed by atoms with E-state index in [1.54, 1.807) is 36.9 Å². The Bertz CT molecular complexity index is 1180. The van der Waals surface area contributed by atoms with E-state index in [1.165, 1.54) is 28.6 Å². The lowest BCUT2D eigenvalue weighted by Crippen LogP contribution is -2.37. The molecule has 0 spiro atoms. The molecule has 2 atom stereocenters. The van der Waals surface area contributed by atoms with Crippen LogP contribution < -0.4 is 0 Å². The van der Waals surface area contributed by atoms with E-state index in [0.717, 1.165) is 5.56 Å². The van der Waals surface area contributed by atoms with Gasteiger partial charge in [0.1, 0.15) is 11.6 Å². The van der Waals surface area contributed by atoms with Gasteiger partial charge in [0.25, 0.3) is 0 Å². The van der Waals surface area contributed by atoms with E-state index >= 15 is 0 Å². The van der Waals surface area contributed by atoms with Crippen molar-refractivity contribution < 1.29 is 17.9 Å². The molecule has 1 aliphatic rings. The lowest BCUT2D eigenvalue weighted by Gasteiger charge is -2.30. The van der Waals surface area contributed by atoms with E-state index in [4.69, 9.17) is 0 Å². The third kappa shape index (κ3) is 4.17. The second-order valence-electron chi connectivity index (χ2n) is 7.84. The van der Waals surface area contributed by atoms with E-state index in [2.05, 4.69) is 15.5 Å². The second-order valence-corrected chi connectivity index (χ2v) is 9.68. The molecule has 1 saturated heterocycles. The van der Waals surface area contributed by atoms with Crippen molar-refractivity contribution >= 4 is 10.0 Å². The van der Waals surface area contributed by atoms with E-state index in [-0.39, 0.29) is 22.5 Å². The van der Waals surface area contributed by atoms with Crippen molar-refractivity contribution in [2.45, 2.75) is 49.6 Å². The van der Waals surface area contributed by atoms with Gasteiger partial charge < -0.3 is 5.11 Å². The average molecular weight is 446 g/mol. The van der Waals surface area contributed by atoms with Crippen LogP contribution >= 0.6 is 0 Å². The molecule has 4 rings (SSSR count). The number of benzene rings is 2. The minimum atomic E-state index is -3.91. The second kappa shape index (κ2) is 8.35. The third-order valence-electron chi connectivity index (χ3n) is 5.86. The first-order valence-corrected chi connectivity index (χ1v) is 11.5. The molecular weight excluding hydrogens is 421 g/mol. The number of hydrogen-bond acceptors (Lipinski definition) is 6. The van der Waals surface area contributed by atoms with Crippen LogP contribution in [0.1, 0.15) is 42.3 Å². The predicted octanol–water partition coefficient (Wildman–Crippen LogP) is 2.89. The predicted molar refractivity (Wildman–Crippen MR) is 111 cm³/mol. The van der Waals surface area contributed by atoms with Gasteiger partial charge in [0.15, 0.2) is 5.82 Å². The van der Waals surface area contributed by atoms with Gasteiger partial charge in [-0.3, -0.25) is 0 Å². The van der Waals surface area contributed by atoms with Gasteiger partial charge in [0.2, 0.25) is 10.0 Å². The molecule has 0 radical (unpaired) electrons. The number of sulfonamides is 1. The summed E-state index contributed by atoms with van der Waals surface area (Å²) in [6.45, 7) is 1.71. The molecule has 1 N–H and O–H groups in total. The van der Waals surface area contributed by atoms with Crippen LogP contribution in [0.5, 0.6) is 5.75 Å². The number of phenols is 1.